The van der Waals surface area contributed by atoms with Crippen LogP contribution >= 0.6 is 0 Å². The molecule has 6 nitrogen and oxygen atoms in total. The number of para-hydroxylation sites is 2. The first-order valence-corrected chi connectivity index (χ1v) is 6.41. The van der Waals surface area contributed by atoms with Crippen LogP contribution < -0.4 is 21.5 Å². The van der Waals surface area contributed by atoms with Crippen LogP contribution in [0.4, 0.5) is 17.1 Å². The molecule has 2 heterocycles. The van der Waals surface area contributed by atoms with Gasteiger partial charge in [0.05, 0.1) is 17.5 Å². The van der Waals surface area contributed by atoms with Crippen molar-refractivity contribution in [2.75, 3.05) is 16.8 Å². The Morgan fingerprint density at radius 1 is 1.05 bits per heavy atom. The van der Waals surface area contributed by atoms with E-state index in [0.717, 1.165) is 5.69 Å². The molecule has 0 aliphatic carbocycles. The minimum absolute atomic E-state index is 0.414. The van der Waals surface area contributed by atoms with Crippen LogP contribution in [0.2, 0.25) is 0 Å². The van der Waals surface area contributed by atoms with Crippen molar-refractivity contribution in [1.29, 1.82) is 0 Å². The van der Waals surface area contributed by atoms with Crippen LogP contribution in [-0.2, 0) is 0 Å². The van der Waals surface area contributed by atoms with E-state index in [0.29, 0.717) is 40.0 Å². The molecule has 0 bridgehead atoms. The van der Waals surface area contributed by atoms with Gasteiger partial charge in [-0.15, -0.1) is 0 Å². The summed E-state index contributed by atoms with van der Waals surface area (Å²) in [6.45, 7) is 0. The molecule has 4 rings (SSSR count). The number of hydrogen-bond donors (Lipinski definition) is 3. The topological polar surface area (TPSA) is 99.3 Å². The summed E-state index contributed by atoms with van der Waals surface area (Å²) >= 11 is 0. The van der Waals surface area contributed by atoms with Gasteiger partial charge in [-0.3, -0.25) is 0 Å². The van der Waals surface area contributed by atoms with E-state index in [1.807, 2.05) is 24.3 Å². The van der Waals surface area contributed by atoms with E-state index >= 15 is 0 Å². The number of nitrogens with two attached hydrogens (primary N) is 2. The van der Waals surface area contributed by atoms with Crippen molar-refractivity contribution in [3.63, 3.8) is 0 Å². The average Bonchev–Trinajstić information content (AvgIpc) is 3.04. The fraction of sp³-hybridized carbons (Fsp3) is 0. The van der Waals surface area contributed by atoms with Gasteiger partial charge in [0.1, 0.15) is 11.2 Å². The molecular formula is C15H12N4O2. The largest absolute Gasteiger partial charge is 0.439 e. The lowest BCUT2D eigenvalue weighted by Gasteiger charge is -1.98. The second-order valence-electron chi connectivity index (χ2n) is 4.70. The standard InChI is InChI=1S/C15H12N4O2/c16-8-3-1-5-10-14(8)18-12(20-10)7-13-19-15-9(17)4-2-6-11(15)21-13/h1-7,18H,16-17H2. The smallest absolute Gasteiger partial charge is 0.225 e. The van der Waals surface area contributed by atoms with Crippen molar-refractivity contribution >= 4 is 34.2 Å². The molecule has 21 heavy (non-hydrogen) atoms. The number of ether oxygens (including phenoxy) is 1. The third kappa shape index (κ3) is 1.85. The molecule has 2 aromatic carbocycles. The monoisotopic (exact) mass is 280 g/mol. The summed E-state index contributed by atoms with van der Waals surface area (Å²) in [7, 11) is 0. The van der Waals surface area contributed by atoms with Crippen LogP contribution in [0.1, 0.15) is 5.89 Å². The van der Waals surface area contributed by atoms with E-state index < -0.39 is 0 Å². The molecule has 0 saturated heterocycles. The molecule has 6 heteroatoms. The number of anilines is 3. The first-order chi connectivity index (χ1) is 10.2. The molecule has 3 aromatic rings. The highest BCUT2D eigenvalue weighted by molar-refractivity contribution is 5.86. The molecule has 0 amide bonds. The third-order valence-electron chi connectivity index (χ3n) is 3.25. The predicted molar refractivity (Wildman–Crippen MR) is 81.5 cm³/mol. The Balaban J connectivity index is 1.72. The van der Waals surface area contributed by atoms with Gasteiger partial charge >= 0.3 is 0 Å². The van der Waals surface area contributed by atoms with Crippen LogP contribution in [-0.4, -0.2) is 4.98 Å². The van der Waals surface area contributed by atoms with E-state index in [1.54, 1.807) is 18.2 Å². The summed E-state index contributed by atoms with van der Waals surface area (Å²) in [5.74, 6) is 1.60. The highest BCUT2D eigenvalue weighted by Gasteiger charge is 2.19. The normalized spacial score (nSPS) is 15.0. The van der Waals surface area contributed by atoms with E-state index in [-0.39, 0.29) is 0 Å². The van der Waals surface area contributed by atoms with Crippen molar-refractivity contribution in [3.05, 3.63) is 48.2 Å². The highest BCUT2D eigenvalue weighted by Crippen LogP contribution is 2.38. The Labute approximate surface area is 120 Å². The third-order valence-corrected chi connectivity index (χ3v) is 3.25. The van der Waals surface area contributed by atoms with Crippen molar-refractivity contribution in [2.45, 2.75) is 0 Å². The van der Waals surface area contributed by atoms with Crippen LogP contribution in [0, 0.1) is 0 Å². The zero-order valence-electron chi connectivity index (χ0n) is 11.0. The first kappa shape index (κ1) is 11.7. The van der Waals surface area contributed by atoms with Crippen molar-refractivity contribution in [2.24, 2.45) is 0 Å². The molecule has 0 spiro atoms. The number of hydrogen-bond acceptors (Lipinski definition) is 6. The average molecular weight is 280 g/mol. The lowest BCUT2D eigenvalue weighted by molar-refractivity contribution is 0.459. The molecular weight excluding hydrogens is 268 g/mol. The van der Waals surface area contributed by atoms with Gasteiger partial charge in [0.25, 0.3) is 0 Å². The van der Waals surface area contributed by atoms with E-state index in [9.17, 15) is 0 Å². The van der Waals surface area contributed by atoms with Gasteiger partial charge < -0.3 is 25.9 Å². The zero-order chi connectivity index (χ0) is 14.4. The Bertz CT molecular complexity index is 883. The SMILES string of the molecule is Nc1cccc2c1NC(=Cc1nc3c(N)cccc3o1)O2. The molecule has 104 valence electrons. The Kier molecular flexibility index (Phi) is 2.32. The summed E-state index contributed by atoms with van der Waals surface area (Å²) in [5, 5.41) is 3.09. The van der Waals surface area contributed by atoms with Crippen LogP contribution in [0.5, 0.6) is 5.75 Å². The summed E-state index contributed by atoms with van der Waals surface area (Å²) in [4.78, 5) is 4.34. The maximum absolute atomic E-state index is 5.88. The lowest BCUT2D eigenvalue weighted by atomic mass is 10.2. The number of nitrogens with one attached hydrogen (secondary N) is 1. The number of nitrogens with zero attached hydrogens (tertiary/aromatic N) is 1. The van der Waals surface area contributed by atoms with Crippen LogP contribution in [0.25, 0.3) is 17.2 Å². The van der Waals surface area contributed by atoms with Gasteiger partial charge in [-0.2, -0.15) is 0 Å². The van der Waals surface area contributed by atoms with E-state index in [4.69, 9.17) is 20.6 Å². The van der Waals surface area contributed by atoms with Crippen molar-refractivity contribution in [3.8, 4) is 5.75 Å². The second-order valence-corrected chi connectivity index (χ2v) is 4.70. The quantitative estimate of drug-likeness (QED) is 0.593. The number of rotatable bonds is 1. The summed E-state index contributed by atoms with van der Waals surface area (Å²) in [5.41, 5.74) is 15.0. The van der Waals surface area contributed by atoms with E-state index in [2.05, 4.69) is 10.3 Å². The summed E-state index contributed by atoms with van der Waals surface area (Å²) in [6, 6.07) is 10.9. The zero-order valence-corrected chi connectivity index (χ0v) is 11.0. The number of fused-ring (bicyclic) bond motifs is 2. The summed E-state index contributed by atoms with van der Waals surface area (Å²) < 4.78 is 11.3. The number of nitrogen functional groups attached to an aromatic ring is 2. The van der Waals surface area contributed by atoms with Crippen LogP contribution in [0.3, 0.4) is 0 Å². The molecule has 0 unspecified atom stereocenters. The molecule has 0 atom stereocenters. The Morgan fingerprint density at radius 3 is 2.67 bits per heavy atom. The van der Waals surface area contributed by atoms with Gasteiger partial charge in [-0.05, 0) is 24.3 Å². The van der Waals surface area contributed by atoms with Gasteiger partial charge in [0, 0.05) is 0 Å². The van der Waals surface area contributed by atoms with Crippen molar-refractivity contribution < 1.29 is 9.15 Å². The number of aromatic nitrogens is 1. The first-order valence-electron chi connectivity index (χ1n) is 6.41. The van der Waals surface area contributed by atoms with E-state index in [1.165, 1.54) is 0 Å². The fourth-order valence-corrected chi connectivity index (χ4v) is 2.26. The van der Waals surface area contributed by atoms with Crippen molar-refractivity contribution in [1.82, 2.24) is 4.98 Å². The molecule has 1 aliphatic heterocycles. The maximum atomic E-state index is 5.88. The lowest BCUT2D eigenvalue weighted by Crippen LogP contribution is -1.97. The van der Waals surface area contributed by atoms with Gasteiger partial charge in [-0.25, -0.2) is 4.98 Å². The van der Waals surface area contributed by atoms with Gasteiger partial charge in [0.2, 0.25) is 11.8 Å². The Hall–Kier alpha value is -3.15. The Morgan fingerprint density at radius 2 is 1.86 bits per heavy atom. The predicted octanol–water partition coefficient (Wildman–Crippen LogP) is 2.80. The highest BCUT2D eigenvalue weighted by atomic mass is 16.5. The molecule has 1 aliphatic rings. The molecule has 5 N–H and O–H groups in total. The molecule has 0 radical (unpaired) electrons. The van der Waals surface area contributed by atoms with Gasteiger partial charge in [0.15, 0.2) is 11.3 Å². The fourth-order valence-electron chi connectivity index (χ4n) is 2.26. The summed E-state index contributed by atoms with van der Waals surface area (Å²) in [6.07, 6.45) is 1.67. The number of oxazole rings is 1. The molecule has 0 saturated carbocycles. The van der Waals surface area contributed by atoms with Crippen LogP contribution in [0.15, 0.2) is 46.7 Å². The van der Waals surface area contributed by atoms with Gasteiger partial charge in [-0.1, -0.05) is 12.1 Å². The molecule has 1 aromatic heterocycles. The molecule has 0 fully saturated rings. The minimum atomic E-state index is 0.414. The second kappa shape index (κ2) is 4.17. The maximum Gasteiger partial charge on any atom is 0.225 e. The minimum Gasteiger partial charge on any atom is -0.439 e. The number of benzene rings is 2.